The highest BCUT2D eigenvalue weighted by Gasteiger charge is 2.52. The van der Waals surface area contributed by atoms with Gasteiger partial charge in [0.15, 0.2) is 9.76 Å². The van der Waals surface area contributed by atoms with Gasteiger partial charge in [-0.1, -0.05) is 51.1 Å². The van der Waals surface area contributed by atoms with Gasteiger partial charge in [-0.3, -0.25) is 4.79 Å². The van der Waals surface area contributed by atoms with E-state index in [1.54, 1.807) is 0 Å². The average molecular weight is 420 g/mol. The molecule has 1 aliphatic rings. The fourth-order valence-corrected chi connectivity index (χ4v) is 4.77. The Hall–Kier alpha value is -1.66. The van der Waals surface area contributed by atoms with Crippen LogP contribution in [0.5, 0.6) is 0 Å². The topological polar surface area (TPSA) is 55.8 Å². The summed E-state index contributed by atoms with van der Waals surface area (Å²) in [6, 6.07) is 9.75. The summed E-state index contributed by atoms with van der Waals surface area (Å²) in [7, 11) is -0.869. The number of rotatable bonds is 5. The van der Waals surface area contributed by atoms with Crippen molar-refractivity contribution >= 4 is 21.8 Å². The molecular weight excluding hydrogens is 382 g/mol. The van der Waals surface area contributed by atoms with Gasteiger partial charge in [0.25, 0.3) is 0 Å². The molecule has 2 atom stereocenters. The van der Waals surface area contributed by atoms with E-state index in [4.69, 9.17) is 9.16 Å². The van der Waals surface area contributed by atoms with Gasteiger partial charge in [-0.15, -0.1) is 0 Å². The molecule has 0 radical (unpaired) electrons. The van der Waals surface area contributed by atoms with Crippen molar-refractivity contribution in [3.8, 4) is 0 Å². The predicted octanol–water partition coefficient (Wildman–Crippen LogP) is 4.48. The molecule has 2 rings (SSSR count). The Labute approximate surface area is 178 Å². The van der Waals surface area contributed by atoms with Crippen LogP contribution in [0, 0.1) is 5.92 Å². The Kier molecular flexibility index (Phi) is 7.00. The molecule has 1 aliphatic heterocycles. The van der Waals surface area contributed by atoms with Gasteiger partial charge >= 0.3 is 6.09 Å². The molecule has 0 bridgehead atoms. The standard InChI is InChI=1S/C23H37NO4Si/c1-21(2,3)27-20(26)24-18(25)15-17(14-16-12-10-9-11-13-16)19(24)23(7,8)28-29-22(4,5)6/h9-13,17,19H,14-15,29H2,1-8H3. The molecule has 2 unspecified atom stereocenters. The summed E-state index contributed by atoms with van der Waals surface area (Å²) in [4.78, 5) is 27.2. The van der Waals surface area contributed by atoms with Crippen molar-refractivity contribution in [2.45, 2.75) is 90.5 Å². The number of amides is 2. The highest BCUT2D eigenvalue weighted by molar-refractivity contribution is 6.31. The van der Waals surface area contributed by atoms with E-state index >= 15 is 0 Å². The molecule has 1 aromatic carbocycles. The molecule has 162 valence electrons. The van der Waals surface area contributed by atoms with E-state index < -0.39 is 27.1 Å². The summed E-state index contributed by atoms with van der Waals surface area (Å²) >= 11 is 0. The predicted molar refractivity (Wildman–Crippen MR) is 119 cm³/mol. The average Bonchev–Trinajstić information content (AvgIpc) is 2.89. The van der Waals surface area contributed by atoms with Crippen molar-refractivity contribution in [3.63, 3.8) is 0 Å². The first-order valence-electron chi connectivity index (χ1n) is 10.4. The Morgan fingerprint density at radius 1 is 1.07 bits per heavy atom. The second kappa shape index (κ2) is 8.60. The fourth-order valence-electron chi connectivity index (χ4n) is 3.79. The van der Waals surface area contributed by atoms with Crippen LogP contribution in [0.3, 0.4) is 0 Å². The van der Waals surface area contributed by atoms with Gasteiger partial charge < -0.3 is 9.16 Å². The number of carbonyl (C=O) groups excluding carboxylic acids is 2. The lowest BCUT2D eigenvalue weighted by atomic mass is 9.84. The molecule has 0 N–H and O–H groups in total. The maximum Gasteiger partial charge on any atom is 0.417 e. The second-order valence-corrected chi connectivity index (χ2v) is 13.5. The van der Waals surface area contributed by atoms with Crippen LogP contribution in [0.1, 0.15) is 67.4 Å². The van der Waals surface area contributed by atoms with Gasteiger partial charge in [0.05, 0.1) is 11.6 Å². The van der Waals surface area contributed by atoms with E-state index in [0.717, 1.165) is 12.0 Å². The van der Waals surface area contributed by atoms with Crippen LogP contribution in [0.2, 0.25) is 5.04 Å². The van der Waals surface area contributed by atoms with E-state index in [1.807, 2.05) is 52.8 Å². The normalized spacial score (nSPS) is 21.2. The van der Waals surface area contributed by atoms with E-state index in [0.29, 0.717) is 6.42 Å². The number of hydrogen-bond acceptors (Lipinski definition) is 4. The van der Waals surface area contributed by atoms with E-state index in [9.17, 15) is 9.59 Å². The van der Waals surface area contributed by atoms with Crippen molar-refractivity contribution < 1.29 is 18.8 Å². The molecule has 1 fully saturated rings. The molecule has 5 nitrogen and oxygen atoms in total. The van der Waals surface area contributed by atoms with Crippen LogP contribution in [0.4, 0.5) is 4.79 Å². The maximum atomic E-state index is 13.0. The zero-order valence-electron chi connectivity index (χ0n) is 19.2. The molecule has 0 spiro atoms. The molecule has 1 saturated heterocycles. The monoisotopic (exact) mass is 419 g/mol. The largest absolute Gasteiger partial charge is 0.443 e. The zero-order valence-corrected chi connectivity index (χ0v) is 20.7. The number of nitrogens with zero attached hydrogens (tertiary/aromatic N) is 1. The molecule has 0 aliphatic carbocycles. The third-order valence-corrected chi connectivity index (χ3v) is 6.70. The van der Waals surface area contributed by atoms with Crippen LogP contribution in [-0.4, -0.2) is 43.9 Å². The van der Waals surface area contributed by atoms with Crippen LogP contribution in [-0.2, 0) is 20.4 Å². The SMILES string of the molecule is CC(C)(C)OC(=O)N1C(=O)CC(Cc2ccccc2)C1C(C)(C)O[SiH2]C(C)(C)C. The Bertz CT molecular complexity index is 719. The lowest BCUT2D eigenvalue weighted by Crippen LogP contribution is -2.55. The van der Waals surface area contributed by atoms with Gasteiger partial charge in [-0.2, -0.15) is 0 Å². The molecule has 1 aromatic rings. The van der Waals surface area contributed by atoms with Gasteiger partial charge in [-0.25, -0.2) is 9.69 Å². The highest BCUT2D eigenvalue weighted by atomic mass is 28.2. The first kappa shape index (κ1) is 23.6. The molecule has 1 heterocycles. The van der Waals surface area contributed by atoms with Gasteiger partial charge in [0.2, 0.25) is 5.91 Å². The number of ether oxygens (including phenoxy) is 1. The number of carbonyl (C=O) groups is 2. The summed E-state index contributed by atoms with van der Waals surface area (Å²) in [5.74, 6) is -0.194. The van der Waals surface area contributed by atoms with E-state index in [-0.39, 0.29) is 22.9 Å². The second-order valence-electron chi connectivity index (χ2n) is 10.8. The van der Waals surface area contributed by atoms with Crippen molar-refractivity contribution in [2.75, 3.05) is 0 Å². The molecule has 0 saturated carbocycles. The smallest absolute Gasteiger partial charge is 0.417 e. The fraction of sp³-hybridized carbons (Fsp3) is 0.652. The van der Waals surface area contributed by atoms with Gasteiger partial charge in [-0.05, 0) is 57.6 Å². The molecule has 29 heavy (non-hydrogen) atoms. The van der Waals surface area contributed by atoms with Crippen LogP contribution < -0.4 is 0 Å². The van der Waals surface area contributed by atoms with Crippen molar-refractivity contribution in [1.29, 1.82) is 0 Å². The molecular formula is C23H37NO4Si. The van der Waals surface area contributed by atoms with E-state index in [1.165, 1.54) is 4.90 Å². The van der Waals surface area contributed by atoms with Crippen molar-refractivity contribution in [2.24, 2.45) is 5.92 Å². The summed E-state index contributed by atoms with van der Waals surface area (Å²) in [6.45, 7) is 16.0. The molecule has 2 amide bonds. The molecule has 6 heteroatoms. The summed E-state index contributed by atoms with van der Waals surface area (Å²) in [5.41, 5.74) is -0.141. The van der Waals surface area contributed by atoms with Crippen LogP contribution >= 0.6 is 0 Å². The van der Waals surface area contributed by atoms with Crippen LogP contribution in [0.25, 0.3) is 0 Å². The first-order chi connectivity index (χ1) is 13.2. The maximum absolute atomic E-state index is 13.0. The van der Waals surface area contributed by atoms with Crippen molar-refractivity contribution in [3.05, 3.63) is 35.9 Å². The van der Waals surface area contributed by atoms with Crippen molar-refractivity contribution in [1.82, 2.24) is 4.90 Å². The third-order valence-electron chi connectivity index (χ3n) is 4.95. The van der Waals surface area contributed by atoms with Gasteiger partial charge in [0, 0.05) is 6.42 Å². The minimum absolute atomic E-state index is 0.0126. The molecule has 0 aromatic heterocycles. The number of hydrogen-bond donors (Lipinski definition) is 0. The first-order valence-corrected chi connectivity index (χ1v) is 11.7. The van der Waals surface area contributed by atoms with Crippen LogP contribution in [0.15, 0.2) is 30.3 Å². The summed E-state index contributed by atoms with van der Waals surface area (Å²) < 4.78 is 12.0. The highest BCUT2D eigenvalue weighted by Crippen LogP contribution is 2.39. The summed E-state index contributed by atoms with van der Waals surface area (Å²) in [5, 5.41) is 0.117. The number of imide groups is 1. The summed E-state index contributed by atoms with van der Waals surface area (Å²) in [6.07, 6.45) is 0.473. The Morgan fingerprint density at radius 2 is 1.66 bits per heavy atom. The number of likely N-dealkylation sites (tertiary alicyclic amines) is 1. The van der Waals surface area contributed by atoms with Gasteiger partial charge in [0.1, 0.15) is 5.60 Å². The van der Waals surface area contributed by atoms with E-state index in [2.05, 4.69) is 32.9 Å². The Balaban J connectivity index is 2.35. The third kappa shape index (κ3) is 6.68. The lowest BCUT2D eigenvalue weighted by Gasteiger charge is -2.41. The number of benzene rings is 1. The Morgan fingerprint density at radius 3 is 2.17 bits per heavy atom. The minimum Gasteiger partial charge on any atom is -0.443 e. The lowest BCUT2D eigenvalue weighted by molar-refractivity contribution is -0.130. The quantitative estimate of drug-likeness (QED) is 0.660. The minimum atomic E-state index is -0.869. The zero-order chi connectivity index (χ0) is 22.0.